The van der Waals surface area contributed by atoms with Gasteiger partial charge in [0.2, 0.25) is 0 Å². The Balaban J connectivity index is 1.35. The summed E-state index contributed by atoms with van der Waals surface area (Å²) in [6, 6.07) is 0. The third-order valence-electron chi connectivity index (χ3n) is 10.0. The lowest BCUT2D eigenvalue weighted by molar-refractivity contribution is -0.196. The molecule has 5 fully saturated rings. The van der Waals surface area contributed by atoms with Crippen LogP contribution in [0.1, 0.15) is 78.1 Å². The van der Waals surface area contributed by atoms with Crippen molar-refractivity contribution in [1.29, 1.82) is 0 Å². The van der Waals surface area contributed by atoms with Gasteiger partial charge in [-0.3, -0.25) is 0 Å². The van der Waals surface area contributed by atoms with Crippen molar-refractivity contribution in [2.24, 2.45) is 58.7 Å². The number of hydrogen-bond donors (Lipinski definition) is 0. The van der Waals surface area contributed by atoms with E-state index in [2.05, 4.69) is 13.8 Å². The topological polar surface area (TPSA) is 0 Å². The Morgan fingerprint density at radius 3 is 2.35 bits per heavy atom. The molecular formula is C23H35F3. The normalized spacial score (nSPS) is 55.5. The molecule has 148 valence electrons. The Labute approximate surface area is 156 Å². The molecule has 0 radical (unpaired) electrons. The van der Waals surface area contributed by atoms with Crippen LogP contribution in [0.3, 0.4) is 0 Å². The van der Waals surface area contributed by atoms with Crippen LogP contribution in [0.25, 0.3) is 0 Å². The van der Waals surface area contributed by atoms with Crippen LogP contribution in [-0.2, 0) is 0 Å². The minimum absolute atomic E-state index is 0.365. The van der Waals surface area contributed by atoms with Gasteiger partial charge in [0.05, 0.1) is 5.92 Å². The van der Waals surface area contributed by atoms with Crippen LogP contribution in [0.4, 0.5) is 13.2 Å². The van der Waals surface area contributed by atoms with Crippen molar-refractivity contribution in [1.82, 2.24) is 0 Å². The molecule has 0 nitrogen and oxygen atoms in total. The highest BCUT2D eigenvalue weighted by Gasteiger charge is 2.68. The molecule has 0 spiro atoms. The summed E-state index contributed by atoms with van der Waals surface area (Å²) in [4.78, 5) is 0. The summed E-state index contributed by atoms with van der Waals surface area (Å²) in [5.74, 6) is 5.39. The van der Waals surface area contributed by atoms with Crippen LogP contribution in [0.5, 0.6) is 0 Å². The van der Waals surface area contributed by atoms with Gasteiger partial charge >= 0.3 is 6.18 Å². The Bertz CT molecular complexity index is 554. The molecule has 26 heavy (non-hydrogen) atoms. The van der Waals surface area contributed by atoms with E-state index in [-0.39, 0.29) is 0 Å². The molecule has 10 atom stereocenters. The van der Waals surface area contributed by atoms with Crippen molar-refractivity contribution in [2.45, 2.75) is 84.2 Å². The zero-order valence-corrected chi connectivity index (χ0v) is 16.4. The number of fused-ring (bicyclic) bond motifs is 7. The molecule has 0 N–H and O–H groups in total. The fraction of sp³-hybridized carbons (Fsp3) is 1.00. The molecule has 0 aromatic rings. The molecule has 0 heterocycles. The predicted octanol–water partition coefficient (Wildman–Crippen LogP) is 7.09. The predicted molar refractivity (Wildman–Crippen MR) is 97.4 cm³/mol. The summed E-state index contributed by atoms with van der Waals surface area (Å²) >= 11 is 0. The third kappa shape index (κ3) is 2.47. The molecule has 5 rings (SSSR count). The summed E-state index contributed by atoms with van der Waals surface area (Å²) in [5, 5.41) is 0. The first-order valence-electron chi connectivity index (χ1n) is 11.4. The molecule has 0 aliphatic heterocycles. The van der Waals surface area contributed by atoms with Gasteiger partial charge in [-0.2, -0.15) is 13.2 Å². The lowest BCUT2D eigenvalue weighted by Gasteiger charge is -2.57. The maximum Gasteiger partial charge on any atom is 0.391 e. The molecule has 5 aliphatic carbocycles. The molecule has 5 unspecified atom stereocenters. The minimum atomic E-state index is -3.97. The fourth-order valence-electron chi connectivity index (χ4n) is 9.12. The highest BCUT2D eigenvalue weighted by molar-refractivity contribution is 5.17. The quantitative estimate of drug-likeness (QED) is 0.488. The lowest BCUT2D eigenvalue weighted by Crippen LogP contribution is -2.50. The number of halogens is 3. The van der Waals surface area contributed by atoms with E-state index in [1.807, 2.05) is 0 Å². The van der Waals surface area contributed by atoms with Gasteiger partial charge in [-0.05, 0) is 111 Å². The van der Waals surface area contributed by atoms with E-state index in [1.54, 1.807) is 0 Å². The highest BCUT2D eigenvalue weighted by Crippen LogP contribution is 2.75. The van der Waals surface area contributed by atoms with Gasteiger partial charge in [-0.15, -0.1) is 0 Å². The molecule has 3 heteroatoms. The standard InChI is InChI=1S/C23H35F3/c1-3-4-20-18-12-19(18)21-17-7-5-13-11-14(23(24,25)26)6-8-15(13)16(17)9-10-22(20,21)2/h13-21H,3-12H2,1-2H3/t13?,14?,15-,16?,17+,18-,19+,20?,21?,22+/m0/s1. The smallest absolute Gasteiger partial charge is 0.171 e. The fourth-order valence-corrected chi connectivity index (χ4v) is 9.12. The Morgan fingerprint density at radius 2 is 1.62 bits per heavy atom. The van der Waals surface area contributed by atoms with Crippen LogP contribution in [-0.4, -0.2) is 6.18 Å². The van der Waals surface area contributed by atoms with Gasteiger partial charge in [0.15, 0.2) is 0 Å². The maximum atomic E-state index is 13.2. The van der Waals surface area contributed by atoms with Crippen LogP contribution in [0, 0.1) is 58.7 Å². The van der Waals surface area contributed by atoms with E-state index in [0.29, 0.717) is 30.1 Å². The van der Waals surface area contributed by atoms with E-state index in [1.165, 1.54) is 38.5 Å². The molecule has 0 bridgehead atoms. The van der Waals surface area contributed by atoms with E-state index in [9.17, 15) is 13.2 Å². The molecule has 0 saturated heterocycles. The SMILES string of the molecule is CCCC1[C@H]2C[C@H]2C2[C@@H]3CCC4CC(C(F)(F)F)CC[C@@H]4C3CC[C@]12C. The second-order valence-corrected chi connectivity index (χ2v) is 10.9. The summed E-state index contributed by atoms with van der Waals surface area (Å²) in [6.07, 6.45) is 6.91. The van der Waals surface area contributed by atoms with Gasteiger partial charge in [0, 0.05) is 0 Å². The van der Waals surface area contributed by atoms with Crippen molar-refractivity contribution in [2.75, 3.05) is 0 Å². The first-order valence-corrected chi connectivity index (χ1v) is 11.4. The van der Waals surface area contributed by atoms with Crippen molar-refractivity contribution >= 4 is 0 Å². The van der Waals surface area contributed by atoms with Crippen LogP contribution >= 0.6 is 0 Å². The van der Waals surface area contributed by atoms with E-state index < -0.39 is 12.1 Å². The lowest BCUT2D eigenvalue weighted by atomic mass is 9.48. The molecule has 5 aliphatic rings. The number of rotatable bonds is 2. The molecular weight excluding hydrogens is 333 g/mol. The second kappa shape index (κ2) is 5.89. The number of hydrogen-bond acceptors (Lipinski definition) is 0. The van der Waals surface area contributed by atoms with E-state index in [4.69, 9.17) is 0 Å². The summed E-state index contributed by atoms with van der Waals surface area (Å²) in [5.41, 5.74) is 0.556. The van der Waals surface area contributed by atoms with Gasteiger partial charge in [0.1, 0.15) is 0 Å². The van der Waals surface area contributed by atoms with Crippen LogP contribution in [0.15, 0.2) is 0 Å². The highest BCUT2D eigenvalue weighted by atomic mass is 19.4. The van der Waals surface area contributed by atoms with Crippen molar-refractivity contribution in [3.8, 4) is 0 Å². The van der Waals surface area contributed by atoms with E-state index in [0.717, 1.165) is 48.3 Å². The minimum Gasteiger partial charge on any atom is -0.171 e. The Hall–Kier alpha value is -0.210. The summed E-state index contributed by atoms with van der Waals surface area (Å²) in [6.45, 7) is 4.94. The van der Waals surface area contributed by atoms with Gasteiger partial charge < -0.3 is 0 Å². The van der Waals surface area contributed by atoms with Crippen LogP contribution in [0.2, 0.25) is 0 Å². The third-order valence-corrected chi connectivity index (χ3v) is 10.0. The van der Waals surface area contributed by atoms with Crippen molar-refractivity contribution < 1.29 is 13.2 Å². The Kier molecular flexibility index (Phi) is 4.05. The molecule has 5 saturated carbocycles. The first-order chi connectivity index (χ1) is 12.3. The number of alkyl halides is 3. The van der Waals surface area contributed by atoms with Crippen LogP contribution < -0.4 is 0 Å². The van der Waals surface area contributed by atoms with Crippen molar-refractivity contribution in [3.63, 3.8) is 0 Å². The maximum absolute atomic E-state index is 13.2. The molecule has 0 aromatic heterocycles. The zero-order chi connectivity index (χ0) is 18.3. The molecule has 0 amide bonds. The zero-order valence-electron chi connectivity index (χ0n) is 16.4. The first kappa shape index (κ1) is 17.9. The largest absolute Gasteiger partial charge is 0.391 e. The molecule has 0 aromatic carbocycles. The summed E-state index contributed by atoms with van der Waals surface area (Å²) in [7, 11) is 0. The van der Waals surface area contributed by atoms with Crippen molar-refractivity contribution in [3.05, 3.63) is 0 Å². The van der Waals surface area contributed by atoms with Gasteiger partial charge in [-0.25, -0.2) is 0 Å². The average Bonchev–Trinajstić information content (AvgIpc) is 3.32. The van der Waals surface area contributed by atoms with E-state index >= 15 is 0 Å². The van der Waals surface area contributed by atoms with Gasteiger partial charge in [-0.1, -0.05) is 20.3 Å². The second-order valence-electron chi connectivity index (χ2n) is 10.9. The van der Waals surface area contributed by atoms with Gasteiger partial charge in [0.25, 0.3) is 0 Å². The monoisotopic (exact) mass is 368 g/mol. The summed E-state index contributed by atoms with van der Waals surface area (Å²) < 4.78 is 39.7. The average molecular weight is 369 g/mol. The Morgan fingerprint density at radius 1 is 0.846 bits per heavy atom.